The molecule has 0 spiro atoms. The normalized spacial score (nSPS) is 10.2. The van der Waals surface area contributed by atoms with E-state index < -0.39 is 17.7 Å². The van der Waals surface area contributed by atoms with Crippen LogP contribution in [0.25, 0.3) is 0 Å². The van der Waals surface area contributed by atoms with Gasteiger partial charge in [-0.2, -0.15) is 0 Å². The van der Waals surface area contributed by atoms with Gasteiger partial charge in [-0.15, -0.1) is 0 Å². The van der Waals surface area contributed by atoms with Gasteiger partial charge in [0.25, 0.3) is 5.91 Å². The van der Waals surface area contributed by atoms with E-state index in [1.165, 1.54) is 18.2 Å². The molecule has 0 aromatic heterocycles. The number of aromatic carboxylic acids is 1. The lowest BCUT2D eigenvalue weighted by Gasteiger charge is -2.09. The number of benzene rings is 2. The number of hydrogen-bond donors (Lipinski definition) is 2. The Labute approximate surface area is 125 Å². The Bertz CT molecular complexity index is 731. The summed E-state index contributed by atoms with van der Waals surface area (Å²) in [6, 6.07) is 8.01. The molecule has 0 fully saturated rings. The largest absolute Gasteiger partial charge is 0.478 e. The highest BCUT2D eigenvalue weighted by molar-refractivity contribution is 6.30. The topological polar surface area (TPSA) is 66.4 Å². The lowest BCUT2D eigenvalue weighted by atomic mass is 10.1. The fraction of sp³-hybridized carbons (Fsp3) is 0.0667. The molecular formula is C15H11ClFNO3. The van der Waals surface area contributed by atoms with Gasteiger partial charge in [-0.3, -0.25) is 4.79 Å². The van der Waals surface area contributed by atoms with Crippen LogP contribution in [0.5, 0.6) is 0 Å². The highest BCUT2D eigenvalue weighted by Crippen LogP contribution is 2.19. The molecule has 0 bridgehead atoms. The summed E-state index contributed by atoms with van der Waals surface area (Å²) in [5, 5.41) is 11.7. The maximum absolute atomic E-state index is 13.8. The third-order valence-corrected chi connectivity index (χ3v) is 3.13. The van der Waals surface area contributed by atoms with Gasteiger partial charge in [0.1, 0.15) is 5.82 Å². The number of carboxylic acids is 1. The van der Waals surface area contributed by atoms with Gasteiger partial charge >= 0.3 is 5.97 Å². The molecule has 0 aliphatic carbocycles. The zero-order chi connectivity index (χ0) is 15.6. The molecule has 0 unspecified atom stereocenters. The van der Waals surface area contributed by atoms with Crippen molar-refractivity contribution in [1.29, 1.82) is 0 Å². The summed E-state index contributed by atoms with van der Waals surface area (Å²) < 4.78 is 13.8. The van der Waals surface area contributed by atoms with E-state index in [-0.39, 0.29) is 11.3 Å². The van der Waals surface area contributed by atoms with Crippen molar-refractivity contribution in [2.24, 2.45) is 0 Å². The first-order valence-electron chi connectivity index (χ1n) is 5.99. The van der Waals surface area contributed by atoms with Gasteiger partial charge in [0.15, 0.2) is 0 Å². The highest BCUT2D eigenvalue weighted by Gasteiger charge is 2.13. The molecule has 4 nitrogen and oxygen atoms in total. The number of nitrogens with one attached hydrogen (secondary N) is 1. The maximum atomic E-state index is 13.8. The van der Waals surface area contributed by atoms with Crippen molar-refractivity contribution in [2.45, 2.75) is 6.92 Å². The molecule has 0 aliphatic heterocycles. The van der Waals surface area contributed by atoms with Gasteiger partial charge in [-0.25, -0.2) is 9.18 Å². The summed E-state index contributed by atoms with van der Waals surface area (Å²) in [5.41, 5.74) is 0.746. The monoisotopic (exact) mass is 307 g/mol. The predicted octanol–water partition coefficient (Wildman–Crippen LogP) is 3.74. The van der Waals surface area contributed by atoms with E-state index in [9.17, 15) is 14.0 Å². The van der Waals surface area contributed by atoms with Gasteiger partial charge in [-0.1, -0.05) is 11.6 Å². The Morgan fingerprint density at radius 2 is 1.90 bits per heavy atom. The van der Waals surface area contributed by atoms with E-state index in [2.05, 4.69) is 5.32 Å². The van der Waals surface area contributed by atoms with E-state index in [0.717, 1.165) is 6.07 Å². The predicted molar refractivity (Wildman–Crippen MR) is 77.5 cm³/mol. The summed E-state index contributed by atoms with van der Waals surface area (Å²) in [6.07, 6.45) is 0. The fourth-order valence-corrected chi connectivity index (χ4v) is 2.05. The average molecular weight is 308 g/mol. The minimum Gasteiger partial charge on any atom is -0.478 e. The Kier molecular flexibility index (Phi) is 4.23. The van der Waals surface area contributed by atoms with Crippen LogP contribution >= 0.6 is 11.6 Å². The molecule has 0 saturated heterocycles. The first-order valence-corrected chi connectivity index (χ1v) is 6.36. The molecule has 6 heteroatoms. The van der Waals surface area contributed by atoms with Crippen molar-refractivity contribution in [2.75, 3.05) is 5.32 Å². The van der Waals surface area contributed by atoms with Crippen LogP contribution in [0, 0.1) is 12.7 Å². The average Bonchev–Trinajstić information content (AvgIpc) is 2.40. The van der Waals surface area contributed by atoms with Crippen LogP contribution in [0.15, 0.2) is 36.4 Å². The van der Waals surface area contributed by atoms with Gasteiger partial charge in [-0.05, 0) is 48.9 Å². The molecule has 0 radical (unpaired) electrons. The summed E-state index contributed by atoms with van der Waals surface area (Å²) in [5.74, 6) is -2.54. The summed E-state index contributed by atoms with van der Waals surface area (Å²) >= 11 is 5.81. The van der Waals surface area contributed by atoms with Crippen molar-refractivity contribution >= 4 is 29.2 Å². The maximum Gasteiger partial charge on any atom is 0.335 e. The van der Waals surface area contributed by atoms with Crippen molar-refractivity contribution in [1.82, 2.24) is 0 Å². The second-order valence-electron chi connectivity index (χ2n) is 4.41. The Balaban J connectivity index is 2.25. The first kappa shape index (κ1) is 15.0. The molecule has 0 saturated carbocycles. The van der Waals surface area contributed by atoms with E-state index in [1.807, 2.05) is 0 Å². The van der Waals surface area contributed by atoms with E-state index >= 15 is 0 Å². The van der Waals surface area contributed by atoms with Gasteiger partial charge < -0.3 is 10.4 Å². The second-order valence-corrected chi connectivity index (χ2v) is 4.85. The van der Waals surface area contributed by atoms with Crippen molar-refractivity contribution in [3.05, 3.63) is 63.9 Å². The molecular weight excluding hydrogens is 297 g/mol. The van der Waals surface area contributed by atoms with Crippen LogP contribution in [-0.2, 0) is 0 Å². The molecule has 108 valence electrons. The van der Waals surface area contributed by atoms with E-state index in [0.29, 0.717) is 16.1 Å². The smallest absolute Gasteiger partial charge is 0.335 e. The molecule has 2 N–H and O–H groups in total. The lowest BCUT2D eigenvalue weighted by Crippen LogP contribution is -2.14. The Morgan fingerprint density at radius 3 is 2.48 bits per heavy atom. The highest BCUT2D eigenvalue weighted by atomic mass is 35.5. The number of amides is 1. The number of rotatable bonds is 3. The number of hydrogen-bond acceptors (Lipinski definition) is 2. The number of aryl methyl sites for hydroxylation is 1. The van der Waals surface area contributed by atoms with Crippen molar-refractivity contribution in [3.8, 4) is 0 Å². The molecule has 1 amide bonds. The van der Waals surface area contributed by atoms with Crippen LogP contribution in [-0.4, -0.2) is 17.0 Å². The third-order valence-electron chi connectivity index (χ3n) is 2.90. The van der Waals surface area contributed by atoms with Gasteiger partial charge in [0.2, 0.25) is 0 Å². The van der Waals surface area contributed by atoms with E-state index in [1.54, 1.807) is 19.1 Å². The molecule has 2 aromatic carbocycles. The van der Waals surface area contributed by atoms with Crippen LogP contribution in [0.2, 0.25) is 5.02 Å². The van der Waals surface area contributed by atoms with E-state index in [4.69, 9.17) is 16.7 Å². The lowest BCUT2D eigenvalue weighted by molar-refractivity contribution is 0.0696. The number of carboxylic acid groups (broad SMARTS) is 1. The van der Waals surface area contributed by atoms with Gasteiger partial charge in [0, 0.05) is 10.6 Å². The molecule has 0 atom stereocenters. The Morgan fingerprint density at radius 1 is 1.19 bits per heavy atom. The van der Waals surface area contributed by atoms with Crippen molar-refractivity contribution in [3.63, 3.8) is 0 Å². The number of halogens is 2. The third kappa shape index (κ3) is 3.38. The molecule has 0 aliphatic rings. The minimum atomic E-state index is -1.24. The van der Waals surface area contributed by atoms with Crippen LogP contribution in [0.3, 0.4) is 0 Å². The zero-order valence-electron chi connectivity index (χ0n) is 11.0. The van der Waals surface area contributed by atoms with Crippen LogP contribution < -0.4 is 5.32 Å². The second kappa shape index (κ2) is 5.93. The standard InChI is InChI=1S/C15H11ClFNO3/c1-8-6-10(16)3-4-11(8)14(19)18-13-5-2-9(15(20)21)7-12(13)17/h2-7H,1H3,(H,18,19)(H,20,21). The number of carbonyl (C=O) groups excluding carboxylic acids is 1. The van der Waals surface area contributed by atoms with Gasteiger partial charge in [0.05, 0.1) is 11.3 Å². The Hall–Kier alpha value is -2.40. The first-order chi connectivity index (χ1) is 9.88. The quantitative estimate of drug-likeness (QED) is 0.907. The number of anilines is 1. The number of carbonyl (C=O) groups is 2. The molecule has 2 rings (SSSR count). The molecule has 2 aromatic rings. The SMILES string of the molecule is Cc1cc(Cl)ccc1C(=O)Nc1ccc(C(=O)O)cc1F. The molecule has 0 heterocycles. The summed E-state index contributed by atoms with van der Waals surface area (Å²) in [6.45, 7) is 1.71. The van der Waals surface area contributed by atoms with Crippen molar-refractivity contribution < 1.29 is 19.1 Å². The zero-order valence-corrected chi connectivity index (χ0v) is 11.7. The summed E-state index contributed by atoms with van der Waals surface area (Å²) in [7, 11) is 0. The fourth-order valence-electron chi connectivity index (χ4n) is 1.82. The summed E-state index contributed by atoms with van der Waals surface area (Å²) in [4.78, 5) is 22.8. The van der Waals surface area contributed by atoms with Crippen LogP contribution in [0.4, 0.5) is 10.1 Å². The van der Waals surface area contributed by atoms with Crippen LogP contribution in [0.1, 0.15) is 26.3 Å². The minimum absolute atomic E-state index is 0.0839. The molecule has 21 heavy (non-hydrogen) atoms.